The Bertz CT molecular complexity index is 706. The van der Waals surface area contributed by atoms with Crippen LogP contribution in [0.1, 0.15) is 25.7 Å². The smallest absolute Gasteiger partial charge is 0.295 e. The average Bonchev–Trinajstić information content (AvgIpc) is 3.03. The number of aliphatic hydroxyl groups is 1. The van der Waals surface area contributed by atoms with Crippen LogP contribution in [-0.4, -0.2) is 27.7 Å². The Hall–Kier alpha value is -2.47. The second-order valence-electron chi connectivity index (χ2n) is 6.14. The van der Waals surface area contributed by atoms with Gasteiger partial charge in [-0.15, -0.1) is 0 Å². The molecule has 6 heteroatoms. The van der Waals surface area contributed by atoms with Gasteiger partial charge in [0.05, 0.1) is 4.92 Å². The highest BCUT2D eigenvalue weighted by molar-refractivity contribution is 5.71. The van der Waals surface area contributed by atoms with Crippen molar-refractivity contribution in [3.63, 3.8) is 0 Å². The van der Waals surface area contributed by atoms with E-state index < -0.39 is 4.92 Å². The maximum atomic E-state index is 11.3. The van der Waals surface area contributed by atoms with E-state index in [4.69, 9.17) is 0 Å². The van der Waals surface area contributed by atoms with Crippen molar-refractivity contribution in [3.05, 3.63) is 52.6 Å². The second kappa shape index (κ2) is 7.40. The van der Waals surface area contributed by atoms with Crippen LogP contribution in [0.4, 0.5) is 11.5 Å². The number of nitrogens with one attached hydrogen (secondary N) is 1. The van der Waals surface area contributed by atoms with Gasteiger partial charge in [-0.25, -0.2) is 4.98 Å². The molecule has 2 aromatic rings. The highest BCUT2D eigenvalue weighted by Crippen LogP contribution is 2.33. The molecule has 1 aromatic heterocycles. The van der Waals surface area contributed by atoms with Gasteiger partial charge in [0, 0.05) is 24.3 Å². The van der Waals surface area contributed by atoms with E-state index in [9.17, 15) is 15.2 Å². The Balaban J connectivity index is 1.89. The summed E-state index contributed by atoms with van der Waals surface area (Å²) >= 11 is 0. The lowest BCUT2D eigenvalue weighted by Crippen LogP contribution is -2.25. The predicted molar refractivity (Wildman–Crippen MR) is 92.8 cm³/mol. The van der Waals surface area contributed by atoms with Crippen LogP contribution in [0.3, 0.4) is 0 Å². The lowest BCUT2D eigenvalue weighted by Gasteiger charge is -2.21. The molecule has 0 bridgehead atoms. The molecule has 1 fully saturated rings. The van der Waals surface area contributed by atoms with Crippen molar-refractivity contribution in [1.29, 1.82) is 0 Å². The summed E-state index contributed by atoms with van der Waals surface area (Å²) in [5.41, 5.74) is 1.11. The molecule has 3 rings (SSSR count). The minimum atomic E-state index is -0.400. The number of aliphatic hydroxyl groups excluding tert-OH is 1. The topological polar surface area (TPSA) is 88.3 Å². The van der Waals surface area contributed by atoms with Gasteiger partial charge in [-0.3, -0.25) is 10.1 Å². The fourth-order valence-electron chi connectivity index (χ4n) is 3.42. The third-order valence-electron chi connectivity index (χ3n) is 4.61. The van der Waals surface area contributed by atoms with E-state index in [2.05, 4.69) is 10.3 Å². The monoisotopic (exact) mass is 327 g/mol. The molecule has 0 amide bonds. The van der Waals surface area contributed by atoms with E-state index in [1.54, 1.807) is 6.07 Å². The number of hydrogen-bond acceptors (Lipinski definition) is 5. The lowest BCUT2D eigenvalue weighted by atomic mass is 10.00. The highest BCUT2D eigenvalue weighted by atomic mass is 16.6. The number of aromatic nitrogens is 1. The Kier molecular flexibility index (Phi) is 5.05. The molecule has 0 radical (unpaired) electrons. The van der Waals surface area contributed by atoms with Crippen LogP contribution < -0.4 is 5.32 Å². The number of nitrogens with zero attached hydrogens (tertiary/aromatic N) is 2. The molecule has 1 aromatic carbocycles. The molecule has 2 N–H and O–H groups in total. The fourth-order valence-corrected chi connectivity index (χ4v) is 3.42. The first-order valence-corrected chi connectivity index (χ1v) is 8.27. The summed E-state index contributed by atoms with van der Waals surface area (Å²) in [5.74, 6) is 1.07. The molecule has 2 unspecified atom stereocenters. The first-order valence-electron chi connectivity index (χ1n) is 8.27. The summed E-state index contributed by atoms with van der Waals surface area (Å²) in [6.45, 7) is 0.186. The molecule has 1 heterocycles. The van der Waals surface area contributed by atoms with E-state index in [0.29, 0.717) is 17.4 Å². The molecule has 1 aliphatic carbocycles. The van der Waals surface area contributed by atoms with E-state index in [1.807, 2.05) is 30.3 Å². The standard InChI is InChI=1S/C18H21N3O3/c22-12-11-13-7-4-8-15(13)19-17-10-9-16(21(23)24)18(20-17)14-5-2-1-3-6-14/h1-3,5-6,9-10,13,15,22H,4,7-8,11-12H2,(H,19,20). The maximum absolute atomic E-state index is 11.3. The van der Waals surface area contributed by atoms with Crippen molar-refractivity contribution in [2.75, 3.05) is 11.9 Å². The zero-order valence-corrected chi connectivity index (χ0v) is 13.4. The summed E-state index contributed by atoms with van der Waals surface area (Å²) in [5, 5.41) is 23.9. The van der Waals surface area contributed by atoms with Crippen LogP contribution in [0.5, 0.6) is 0 Å². The van der Waals surface area contributed by atoms with E-state index in [-0.39, 0.29) is 18.3 Å². The third-order valence-corrected chi connectivity index (χ3v) is 4.61. The average molecular weight is 327 g/mol. The molecule has 126 valence electrons. The van der Waals surface area contributed by atoms with Crippen molar-refractivity contribution in [2.24, 2.45) is 5.92 Å². The molecule has 1 aliphatic rings. The Morgan fingerprint density at radius 3 is 2.71 bits per heavy atom. The zero-order valence-electron chi connectivity index (χ0n) is 13.4. The Labute approximate surface area is 140 Å². The van der Waals surface area contributed by atoms with Crippen molar-refractivity contribution in [2.45, 2.75) is 31.7 Å². The molecular weight excluding hydrogens is 306 g/mol. The van der Waals surface area contributed by atoms with Crippen molar-refractivity contribution in [3.8, 4) is 11.3 Å². The number of rotatable bonds is 6. The summed E-state index contributed by atoms with van der Waals surface area (Å²) in [6.07, 6.45) is 4.03. The van der Waals surface area contributed by atoms with E-state index in [0.717, 1.165) is 31.2 Å². The normalized spacial score (nSPS) is 20.0. The van der Waals surface area contributed by atoms with Gasteiger partial charge in [0.15, 0.2) is 5.69 Å². The van der Waals surface area contributed by atoms with Crippen molar-refractivity contribution in [1.82, 2.24) is 4.98 Å². The summed E-state index contributed by atoms with van der Waals surface area (Å²) in [7, 11) is 0. The van der Waals surface area contributed by atoms with Gasteiger partial charge in [-0.1, -0.05) is 36.8 Å². The Morgan fingerprint density at radius 1 is 1.21 bits per heavy atom. The van der Waals surface area contributed by atoms with Crippen LogP contribution in [0.15, 0.2) is 42.5 Å². The van der Waals surface area contributed by atoms with Crippen LogP contribution >= 0.6 is 0 Å². The summed E-state index contributed by atoms with van der Waals surface area (Å²) in [6, 6.07) is 12.6. The number of nitro groups is 1. The third kappa shape index (κ3) is 3.54. The van der Waals surface area contributed by atoms with Crippen LogP contribution in [-0.2, 0) is 0 Å². The molecule has 0 spiro atoms. The van der Waals surface area contributed by atoms with E-state index >= 15 is 0 Å². The maximum Gasteiger partial charge on any atom is 0.295 e. The fraction of sp³-hybridized carbons (Fsp3) is 0.389. The number of anilines is 1. The largest absolute Gasteiger partial charge is 0.396 e. The molecule has 2 atom stereocenters. The van der Waals surface area contributed by atoms with Crippen LogP contribution in [0.2, 0.25) is 0 Å². The van der Waals surface area contributed by atoms with Gasteiger partial charge in [0.2, 0.25) is 0 Å². The van der Waals surface area contributed by atoms with Gasteiger partial charge >= 0.3 is 0 Å². The van der Waals surface area contributed by atoms with E-state index in [1.165, 1.54) is 6.07 Å². The molecule has 24 heavy (non-hydrogen) atoms. The highest BCUT2D eigenvalue weighted by Gasteiger charge is 2.27. The minimum absolute atomic E-state index is 0.00470. The quantitative estimate of drug-likeness (QED) is 0.625. The van der Waals surface area contributed by atoms with Gasteiger partial charge in [0.1, 0.15) is 5.82 Å². The molecule has 0 aliphatic heterocycles. The molecule has 0 saturated heterocycles. The number of hydrogen-bond donors (Lipinski definition) is 2. The van der Waals surface area contributed by atoms with Crippen LogP contribution in [0.25, 0.3) is 11.3 Å². The molecular formula is C18H21N3O3. The number of benzene rings is 1. The number of pyridine rings is 1. The SMILES string of the molecule is O=[N+]([O-])c1ccc(NC2CCCC2CCO)nc1-c1ccccc1. The zero-order chi connectivity index (χ0) is 16.9. The first-order chi connectivity index (χ1) is 11.7. The summed E-state index contributed by atoms with van der Waals surface area (Å²) < 4.78 is 0. The van der Waals surface area contributed by atoms with Gasteiger partial charge < -0.3 is 10.4 Å². The Morgan fingerprint density at radius 2 is 2.00 bits per heavy atom. The predicted octanol–water partition coefficient (Wildman–Crippen LogP) is 3.62. The molecule has 6 nitrogen and oxygen atoms in total. The minimum Gasteiger partial charge on any atom is -0.396 e. The van der Waals surface area contributed by atoms with Gasteiger partial charge in [-0.05, 0) is 31.2 Å². The molecule has 1 saturated carbocycles. The van der Waals surface area contributed by atoms with Crippen molar-refractivity contribution >= 4 is 11.5 Å². The van der Waals surface area contributed by atoms with Crippen LogP contribution in [0, 0.1) is 16.0 Å². The second-order valence-corrected chi connectivity index (χ2v) is 6.14. The van der Waals surface area contributed by atoms with Gasteiger partial charge in [-0.2, -0.15) is 0 Å². The van der Waals surface area contributed by atoms with Gasteiger partial charge in [0.25, 0.3) is 5.69 Å². The lowest BCUT2D eigenvalue weighted by molar-refractivity contribution is -0.384. The summed E-state index contributed by atoms with van der Waals surface area (Å²) in [4.78, 5) is 15.4. The van der Waals surface area contributed by atoms with Crippen molar-refractivity contribution < 1.29 is 10.0 Å². The first kappa shape index (κ1) is 16.4.